The average Bonchev–Trinajstić information content (AvgIpc) is 2.62. The van der Waals surface area contributed by atoms with Crippen LogP contribution in [0.1, 0.15) is 0 Å². The topological polar surface area (TPSA) is 47.8 Å². The third-order valence-electron chi connectivity index (χ3n) is 4.90. The normalized spacial score (nSPS) is 12.8. The Labute approximate surface area is 134 Å². The minimum Gasteiger partial charge on any atom is -0.453 e. The van der Waals surface area contributed by atoms with E-state index in [-0.39, 0.29) is 10.9 Å². The molecule has 3 aromatic carbocycles. The Morgan fingerprint density at radius 3 is 1.50 bits per heavy atom. The lowest BCUT2D eigenvalue weighted by molar-refractivity contribution is 0.486. The van der Waals surface area contributed by atoms with Crippen LogP contribution in [0.25, 0.3) is 38.1 Å². The predicted molar refractivity (Wildman–Crippen MR) is 93.7 cm³/mol. The third kappa shape index (κ3) is 1.16. The van der Waals surface area contributed by atoms with Crippen molar-refractivity contribution in [2.45, 2.75) is 0 Å². The Balaban J connectivity index is 2.22. The molecule has 0 bridgehead atoms. The van der Waals surface area contributed by atoms with Crippen molar-refractivity contribution in [3.8, 4) is 11.5 Å². The van der Waals surface area contributed by atoms with Gasteiger partial charge in [-0.2, -0.15) is 0 Å². The van der Waals surface area contributed by atoms with Gasteiger partial charge >= 0.3 is 0 Å². The van der Waals surface area contributed by atoms with Crippen LogP contribution in [-0.4, -0.2) is 4.40 Å². The first kappa shape index (κ1) is 12.1. The van der Waals surface area contributed by atoms with E-state index in [4.69, 9.17) is 4.74 Å². The van der Waals surface area contributed by atoms with E-state index in [0.717, 1.165) is 11.0 Å². The molecule has 112 valence electrons. The van der Waals surface area contributed by atoms with Crippen LogP contribution in [0, 0.1) is 0 Å². The van der Waals surface area contributed by atoms with E-state index in [9.17, 15) is 9.59 Å². The highest BCUT2D eigenvalue weighted by Crippen LogP contribution is 2.40. The summed E-state index contributed by atoms with van der Waals surface area (Å²) in [5, 5.41) is 2.33. The van der Waals surface area contributed by atoms with Gasteiger partial charge in [0, 0.05) is 10.8 Å². The average molecular weight is 311 g/mol. The van der Waals surface area contributed by atoms with Crippen LogP contribution in [0.5, 0.6) is 11.5 Å². The first-order chi connectivity index (χ1) is 11.8. The first-order valence-electron chi connectivity index (χ1n) is 7.72. The first-order valence-corrected chi connectivity index (χ1v) is 7.72. The van der Waals surface area contributed by atoms with Gasteiger partial charge in [-0.15, -0.1) is 0 Å². The maximum atomic E-state index is 12.9. The molecule has 24 heavy (non-hydrogen) atoms. The smallest absolute Gasteiger partial charge is 0.197 e. The molecule has 6 rings (SSSR count). The van der Waals surface area contributed by atoms with E-state index in [0.29, 0.717) is 38.6 Å². The maximum absolute atomic E-state index is 12.9. The number of hydrogen-bond donors (Lipinski definition) is 0. The molecular weight excluding hydrogens is 302 g/mol. The van der Waals surface area contributed by atoms with Gasteiger partial charge in [0.15, 0.2) is 22.4 Å². The van der Waals surface area contributed by atoms with Crippen molar-refractivity contribution in [3.05, 3.63) is 75.0 Å². The molecule has 1 aliphatic heterocycles. The van der Waals surface area contributed by atoms with E-state index in [1.807, 2.05) is 40.8 Å². The summed E-state index contributed by atoms with van der Waals surface area (Å²) in [4.78, 5) is 25.9. The molecule has 0 saturated carbocycles. The largest absolute Gasteiger partial charge is 0.453 e. The predicted octanol–water partition coefficient (Wildman–Crippen LogP) is 3.66. The standard InChI is InChI=1S/C20H9NO3/c22-19-10-4-1-5-11-16(10)21-17-12(19)6-2-8-14(17)24-15-9-3-7-13(18(15)21)20(11)23/h1-9H. The second-order valence-corrected chi connectivity index (χ2v) is 6.10. The summed E-state index contributed by atoms with van der Waals surface area (Å²) in [7, 11) is 0. The van der Waals surface area contributed by atoms with Crippen molar-refractivity contribution in [1.82, 2.24) is 4.40 Å². The van der Waals surface area contributed by atoms with Gasteiger partial charge in [0.2, 0.25) is 0 Å². The summed E-state index contributed by atoms with van der Waals surface area (Å²) >= 11 is 0. The van der Waals surface area contributed by atoms with Gasteiger partial charge in [-0.05, 0) is 36.4 Å². The van der Waals surface area contributed by atoms with Crippen LogP contribution in [0.4, 0.5) is 0 Å². The zero-order valence-corrected chi connectivity index (χ0v) is 12.4. The zero-order valence-electron chi connectivity index (χ0n) is 12.4. The lowest BCUT2D eigenvalue weighted by Crippen LogP contribution is -2.16. The highest BCUT2D eigenvalue weighted by Gasteiger charge is 2.24. The second kappa shape index (κ2) is 3.74. The Morgan fingerprint density at radius 1 is 0.583 bits per heavy atom. The summed E-state index contributed by atoms with van der Waals surface area (Å²) in [6.07, 6.45) is 0. The van der Waals surface area contributed by atoms with Crippen LogP contribution in [-0.2, 0) is 0 Å². The SMILES string of the molecule is O=c1c2cccc3c2n2c4c(cccc4c(=O)c4cccc1c42)O3. The van der Waals surface area contributed by atoms with Gasteiger partial charge in [-0.3, -0.25) is 9.59 Å². The molecule has 0 amide bonds. The molecule has 0 fully saturated rings. The number of nitrogens with zero attached hydrogens (tertiary/aromatic N) is 1. The molecule has 4 heteroatoms. The monoisotopic (exact) mass is 311 g/mol. The number of aromatic nitrogens is 1. The Kier molecular flexibility index (Phi) is 1.88. The summed E-state index contributed by atoms with van der Waals surface area (Å²) in [5.74, 6) is 1.28. The highest BCUT2D eigenvalue weighted by atomic mass is 16.5. The van der Waals surface area contributed by atoms with Crippen LogP contribution in [0.3, 0.4) is 0 Å². The van der Waals surface area contributed by atoms with E-state index < -0.39 is 0 Å². The Morgan fingerprint density at radius 2 is 1.00 bits per heavy atom. The highest BCUT2D eigenvalue weighted by molar-refractivity contribution is 6.10. The maximum Gasteiger partial charge on any atom is 0.197 e. The molecule has 0 aliphatic carbocycles. The van der Waals surface area contributed by atoms with Crippen molar-refractivity contribution in [1.29, 1.82) is 0 Å². The Hall–Kier alpha value is -3.40. The van der Waals surface area contributed by atoms with Crippen LogP contribution in [0.15, 0.2) is 64.2 Å². The quantitative estimate of drug-likeness (QED) is 0.318. The molecule has 0 N–H and O–H groups in total. The molecule has 0 spiro atoms. The van der Waals surface area contributed by atoms with E-state index in [1.54, 1.807) is 18.2 Å². The van der Waals surface area contributed by atoms with Crippen molar-refractivity contribution in [2.75, 3.05) is 0 Å². The summed E-state index contributed by atoms with van der Waals surface area (Å²) in [5.41, 5.74) is 2.00. The fourth-order valence-electron chi connectivity index (χ4n) is 3.93. The van der Waals surface area contributed by atoms with E-state index in [2.05, 4.69) is 0 Å². The molecule has 4 nitrogen and oxygen atoms in total. The van der Waals surface area contributed by atoms with Crippen molar-refractivity contribution >= 4 is 38.1 Å². The lowest BCUT2D eigenvalue weighted by Gasteiger charge is -2.22. The lowest BCUT2D eigenvalue weighted by atomic mass is 10.0. The fraction of sp³-hybridized carbons (Fsp3) is 0. The molecule has 0 radical (unpaired) electrons. The minimum absolute atomic E-state index is 0.0702. The Bertz CT molecular complexity index is 1360. The van der Waals surface area contributed by atoms with Gasteiger partial charge < -0.3 is 9.14 Å². The molecule has 3 heterocycles. The van der Waals surface area contributed by atoms with Gasteiger partial charge in [0.1, 0.15) is 11.0 Å². The zero-order chi connectivity index (χ0) is 16.0. The number of rotatable bonds is 0. The summed E-state index contributed by atoms with van der Waals surface area (Å²) in [6, 6.07) is 16.3. The second-order valence-electron chi connectivity index (χ2n) is 6.10. The summed E-state index contributed by atoms with van der Waals surface area (Å²) < 4.78 is 8.02. The molecular formula is C20H9NO3. The van der Waals surface area contributed by atoms with Gasteiger partial charge in [-0.25, -0.2) is 0 Å². The molecule has 1 aliphatic rings. The van der Waals surface area contributed by atoms with E-state index >= 15 is 0 Å². The van der Waals surface area contributed by atoms with Gasteiger partial charge in [-0.1, -0.05) is 18.2 Å². The molecule has 0 atom stereocenters. The van der Waals surface area contributed by atoms with Crippen LogP contribution in [0.2, 0.25) is 0 Å². The van der Waals surface area contributed by atoms with Crippen LogP contribution >= 0.6 is 0 Å². The van der Waals surface area contributed by atoms with Gasteiger partial charge in [0.05, 0.1) is 16.3 Å². The van der Waals surface area contributed by atoms with Crippen LogP contribution < -0.4 is 15.6 Å². The van der Waals surface area contributed by atoms with Gasteiger partial charge in [0.25, 0.3) is 0 Å². The van der Waals surface area contributed by atoms with Crippen molar-refractivity contribution in [3.63, 3.8) is 0 Å². The number of para-hydroxylation sites is 3. The molecule has 5 aromatic rings. The number of benzene rings is 3. The van der Waals surface area contributed by atoms with Crippen molar-refractivity contribution in [2.24, 2.45) is 0 Å². The fourth-order valence-corrected chi connectivity index (χ4v) is 3.93. The van der Waals surface area contributed by atoms with Crippen molar-refractivity contribution < 1.29 is 4.74 Å². The molecule has 0 unspecified atom stereocenters. The molecule has 0 saturated heterocycles. The van der Waals surface area contributed by atoms with E-state index in [1.165, 1.54) is 0 Å². The summed E-state index contributed by atoms with van der Waals surface area (Å²) in [6.45, 7) is 0. The third-order valence-corrected chi connectivity index (χ3v) is 4.90. The minimum atomic E-state index is -0.0702. The number of pyridine rings is 2. The number of ether oxygens (including phenoxy) is 1. The molecule has 2 aromatic heterocycles. The number of hydrogen-bond acceptors (Lipinski definition) is 3.